The van der Waals surface area contributed by atoms with Gasteiger partial charge in [-0.05, 0) is 50.1 Å². The second-order valence-electron chi connectivity index (χ2n) is 6.97. The zero-order valence-electron chi connectivity index (χ0n) is 15.7. The van der Waals surface area contributed by atoms with Gasteiger partial charge in [0.1, 0.15) is 11.9 Å². The SMILES string of the molecule is CC(C)OC(C)C(=O)Nc1cc(F)cc(C(=O)N2Cc3ccccc3C2)c1. The molecule has 1 aliphatic heterocycles. The molecular weight excluding hydrogens is 347 g/mol. The topological polar surface area (TPSA) is 58.6 Å². The Morgan fingerprint density at radius 1 is 1.07 bits per heavy atom. The molecule has 1 heterocycles. The number of anilines is 1. The van der Waals surface area contributed by atoms with Gasteiger partial charge in [0, 0.05) is 24.3 Å². The van der Waals surface area contributed by atoms with Crippen LogP contribution < -0.4 is 5.32 Å². The van der Waals surface area contributed by atoms with Crippen molar-refractivity contribution in [1.82, 2.24) is 4.90 Å². The predicted octanol–water partition coefficient (Wildman–Crippen LogP) is 3.73. The summed E-state index contributed by atoms with van der Waals surface area (Å²) in [5.41, 5.74) is 2.63. The lowest BCUT2D eigenvalue weighted by molar-refractivity contribution is -0.128. The van der Waals surface area contributed by atoms with Gasteiger partial charge in [0.2, 0.25) is 0 Å². The second kappa shape index (κ2) is 7.88. The molecule has 0 saturated heterocycles. The van der Waals surface area contributed by atoms with E-state index in [-0.39, 0.29) is 29.2 Å². The molecule has 1 N–H and O–H groups in total. The van der Waals surface area contributed by atoms with Crippen LogP contribution in [-0.4, -0.2) is 28.9 Å². The third-order valence-electron chi connectivity index (χ3n) is 4.39. The standard InChI is InChI=1S/C21H23FN2O3/c1-13(2)27-14(3)20(25)23-19-9-17(8-18(22)10-19)21(26)24-11-15-6-4-5-7-16(15)12-24/h4-10,13-14H,11-12H2,1-3H3,(H,23,25). The van der Waals surface area contributed by atoms with Crippen LogP contribution in [0.5, 0.6) is 0 Å². The minimum Gasteiger partial charge on any atom is -0.366 e. The zero-order chi connectivity index (χ0) is 19.6. The summed E-state index contributed by atoms with van der Waals surface area (Å²) in [5, 5.41) is 2.62. The van der Waals surface area contributed by atoms with E-state index in [1.165, 1.54) is 18.2 Å². The molecular formula is C21H23FN2O3. The second-order valence-corrected chi connectivity index (χ2v) is 6.97. The van der Waals surface area contributed by atoms with Crippen LogP contribution in [0.25, 0.3) is 0 Å². The summed E-state index contributed by atoms with van der Waals surface area (Å²) < 4.78 is 19.5. The van der Waals surface area contributed by atoms with E-state index in [0.717, 1.165) is 11.1 Å². The predicted molar refractivity (Wildman–Crippen MR) is 101 cm³/mol. The van der Waals surface area contributed by atoms with Gasteiger partial charge < -0.3 is 15.0 Å². The van der Waals surface area contributed by atoms with Gasteiger partial charge >= 0.3 is 0 Å². The van der Waals surface area contributed by atoms with Crippen molar-refractivity contribution in [3.8, 4) is 0 Å². The van der Waals surface area contributed by atoms with Crippen LogP contribution in [0.15, 0.2) is 42.5 Å². The number of fused-ring (bicyclic) bond motifs is 1. The van der Waals surface area contributed by atoms with Crippen LogP contribution in [0.4, 0.5) is 10.1 Å². The summed E-state index contributed by atoms with van der Waals surface area (Å²) in [6.07, 6.45) is -0.785. The van der Waals surface area contributed by atoms with Crippen LogP contribution >= 0.6 is 0 Å². The molecule has 0 bridgehead atoms. The Bertz CT molecular complexity index is 841. The number of carbonyl (C=O) groups is 2. The first kappa shape index (κ1) is 19.0. The highest BCUT2D eigenvalue weighted by Gasteiger charge is 2.25. The number of nitrogens with zero attached hydrogens (tertiary/aromatic N) is 1. The molecule has 27 heavy (non-hydrogen) atoms. The Kier molecular flexibility index (Phi) is 5.56. The Morgan fingerprint density at radius 2 is 1.70 bits per heavy atom. The number of nitrogens with one attached hydrogen (secondary N) is 1. The first-order valence-electron chi connectivity index (χ1n) is 8.96. The number of rotatable bonds is 5. The van der Waals surface area contributed by atoms with Crippen LogP contribution in [0, 0.1) is 5.82 Å². The highest BCUT2D eigenvalue weighted by Crippen LogP contribution is 2.25. The lowest BCUT2D eigenvalue weighted by atomic mass is 10.1. The van der Waals surface area contributed by atoms with Gasteiger partial charge in [0.05, 0.1) is 6.10 Å². The van der Waals surface area contributed by atoms with Gasteiger partial charge in [-0.25, -0.2) is 4.39 Å². The molecule has 2 aromatic rings. The fraction of sp³-hybridized carbons (Fsp3) is 0.333. The van der Waals surface area contributed by atoms with Gasteiger partial charge in [-0.1, -0.05) is 24.3 Å². The maximum atomic E-state index is 14.0. The van der Waals surface area contributed by atoms with E-state index in [9.17, 15) is 14.0 Å². The van der Waals surface area contributed by atoms with Crippen molar-refractivity contribution in [3.63, 3.8) is 0 Å². The number of benzene rings is 2. The van der Waals surface area contributed by atoms with Crippen LogP contribution in [-0.2, 0) is 22.6 Å². The van der Waals surface area contributed by atoms with E-state index in [1.807, 2.05) is 38.1 Å². The Balaban J connectivity index is 1.74. The highest BCUT2D eigenvalue weighted by molar-refractivity contribution is 5.98. The molecule has 0 radical (unpaired) electrons. The van der Waals surface area contributed by atoms with Crippen molar-refractivity contribution in [3.05, 3.63) is 65.0 Å². The van der Waals surface area contributed by atoms with E-state index < -0.39 is 11.9 Å². The molecule has 0 saturated carbocycles. The minimum atomic E-state index is -0.680. The Labute approximate surface area is 158 Å². The molecule has 6 heteroatoms. The summed E-state index contributed by atoms with van der Waals surface area (Å²) in [7, 11) is 0. The van der Waals surface area contributed by atoms with Crippen LogP contribution in [0.3, 0.4) is 0 Å². The molecule has 0 fully saturated rings. The van der Waals surface area contributed by atoms with E-state index in [2.05, 4.69) is 5.32 Å². The number of hydrogen-bond donors (Lipinski definition) is 1. The molecule has 2 amide bonds. The lowest BCUT2D eigenvalue weighted by Gasteiger charge is -2.18. The van der Waals surface area contributed by atoms with Crippen molar-refractivity contribution in [2.75, 3.05) is 5.32 Å². The van der Waals surface area contributed by atoms with Crippen molar-refractivity contribution < 1.29 is 18.7 Å². The highest BCUT2D eigenvalue weighted by atomic mass is 19.1. The molecule has 142 valence electrons. The Morgan fingerprint density at radius 3 is 2.30 bits per heavy atom. The monoisotopic (exact) mass is 370 g/mol. The van der Waals surface area contributed by atoms with Crippen molar-refractivity contribution in [1.29, 1.82) is 0 Å². The average Bonchev–Trinajstić information content (AvgIpc) is 3.04. The molecule has 1 aliphatic rings. The quantitative estimate of drug-likeness (QED) is 0.872. The molecule has 1 unspecified atom stereocenters. The number of amides is 2. The summed E-state index contributed by atoms with van der Waals surface area (Å²) in [4.78, 5) is 26.7. The third-order valence-corrected chi connectivity index (χ3v) is 4.39. The van der Waals surface area contributed by atoms with Gasteiger partial charge in [0.25, 0.3) is 11.8 Å². The largest absolute Gasteiger partial charge is 0.366 e. The van der Waals surface area contributed by atoms with Crippen LogP contribution in [0.2, 0.25) is 0 Å². The van der Waals surface area contributed by atoms with Gasteiger partial charge in [-0.2, -0.15) is 0 Å². The first-order chi connectivity index (χ1) is 12.8. The van der Waals surface area contributed by atoms with Gasteiger partial charge in [-0.15, -0.1) is 0 Å². The van der Waals surface area contributed by atoms with E-state index in [4.69, 9.17) is 4.74 Å². The minimum absolute atomic E-state index is 0.104. The summed E-state index contributed by atoms with van der Waals surface area (Å²) in [5.74, 6) is -1.24. The molecule has 0 spiro atoms. The maximum absolute atomic E-state index is 14.0. The molecule has 0 aliphatic carbocycles. The van der Waals surface area contributed by atoms with E-state index in [1.54, 1.807) is 11.8 Å². The molecule has 3 rings (SSSR count). The number of carbonyl (C=O) groups excluding carboxylic acids is 2. The fourth-order valence-electron chi connectivity index (χ4n) is 3.16. The lowest BCUT2D eigenvalue weighted by Crippen LogP contribution is -2.30. The van der Waals surface area contributed by atoms with E-state index in [0.29, 0.717) is 13.1 Å². The van der Waals surface area contributed by atoms with Crippen molar-refractivity contribution >= 4 is 17.5 Å². The average molecular weight is 370 g/mol. The van der Waals surface area contributed by atoms with E-state index >= 15 is 0 Å². The molecule has 0 aromatic heterocycles. The Hall–Kier alpha value is -2.73. The molecule has 1 atom stereocenters. The van der Waals surface area contributed by atoms with Gasteiger partial charge in [0.15, 0.2) is 0 Å². The third kappa shape index (κ3) is 4.52. The van der Waals surface area contributed by atoms with Gasteiger partial charge in [-0.3, -0.25) is 9.59 Å². The number of hydrogen-bond acceptors (Lipinski definition) is 3. The van der Waals surface area contributed by atoms with Crippen LogP contribution in [0.1, 0.15) is 42.3 Å². The number of halogens is 1. The summed E-state index contributed by atoms with van der Waals surface area (Å²) in [6, 6.07) is 11.7. The van der Waals surface area contributed by atoms with Crippen molar-refractivity contribution in [2.24, 2.45) is 0 Å². The molecule has 5 nitrogen and oxygen atoms in total. The van der Waals surface area contributed by atoms with Crippen molar-refractivity contribution in [2.45, 2.75) is 46.1 Å². The fourth-order valence-corrected chi connectivity index (χ4v) is 3.16. The first-order valence-corrected chi connectivity index (χ1v) is 8.96. The maximum Gasteiger partial charge on any atom is 0.254 e. The molecule has 2 aromatic carbocycles. The zero-order valence-corrected chi connectivity index (χ0v) is 15.7. The number of ether oxygens (including phenoxy) is 1. The summed E-state index contributed by atoms with van der Waals surface area (Å²) in [6.45, 7) is 6.27. The smallest absolute Gasteiger partial charge is 0.254 e. The summed E-state index contributed by atoms with van der Waals surface area (Å²) >= 11 is 0. The normalized spacial score (nSPS) is 14.2.